The summed E-state index contributed by atoms with van der Waals surface area (Å²) in [6, 6.07) is 29.5. The molecule has 32 heavy (non-hydrogen) atoms. The van der Waals surface area contributed by atoms with Crippen molar-refractivity contribution in [1.29, 1.82) is 0 Å². The zero-order valence-electron chi connectivity index (χ0n) is 18.0. The van der Waals surface area contributed by atoms with Crippen molar-refractivity contribution >= 4 is 0 Å². The second kappa shape index (κ2) is 9.86. The van der Waals surface area contributed by atoms with Gasteiger partial charge in [-0.15, -0.1) is 0 Å². The summed E-state index contributed by atoms with van der Waals surface area (Å²) in [6.45, 7) is 2.25. The normalized spacial score (nSPS) is 12.0. The Balaban J connectivity index is 1.37. The molecule has 0 aromatic heterocycles. The molecule has 0 radical (unpaired) electrons. The molecule has 0 unspecified atom stereocenters. The largest absolute Gasteiger partial charge is 0.204 e. The second-order valence-electron chi connectivity index (χ2n) is 8.28. The first-order chi connectivity index (χ1) is 15.5. The fourth-order valence-corrected chi connectivity index (χ4v) is 3.99. The Bertz CT molecular complexity index is 1140. The molecule has 0 N–H and O–H groups in total. The van der Waals surface area contributed by atoms with Gasteiger partial charge in [-0.25, -0.2) is 13.2 Å². The quantitative estimate of drug-likeness (QED) is 0.261. The maximum Gasteiger partial charge on any atom is 0.194 e. The van der Waals surface area contributed by atoms with E-state index in [-0.39, 0.29) is 0 Å². The lowest BCUT2D eigenvalue weighted by molar-refractivity contribution is 0.445. The number of hydrogen-bond donors (Lipinski definition) is 0. The van der Waals surface area contributed by atoms with Crippen LogP contribution < -0.4 is 0 Å². The van der Waals surface area contributed by atoms with Gasteiger partial charge in [0.15, 0.2) is 17.5 Å². The van der Waals surface area contributed by atoms with Gasteiger partial charge in [-0.1, -0.05) is 85.8 Å². The van der Waals surface area contributed by atoms with Gasteiger partial charge >= 0.3 is 0 Å². The van der Waals surface area contributed by atoms with E-state index in [9.17, 15) is 13.2 Å². The van der Waals surface area contributed by atoms with Crippen LogP contribution in [0.25, 0.3) is 11.1 Å². The summed E-state index contributed by atoms with van der Waals surface area (Å²) in [5.74, 6) is -3.24. The molecular weight excluding hydrogens is 405 g/mol. The molecule has 162 valence electrons. The van der Waals surface area contributed by atoms with Crippen molar-refractivity contribution in [2.24, 2.45) is 0 Å². The Morgan fingerprint density at radius 3 is 1.66 bits per heavy atom. The van der Waals surface area contributed by atoms with E-state index >= 15 is 0 Å². The summed E-state index contributed by atoms with van der Waals surface area (Å²) in [7, 11) is 0. The van der Waals surface area contributed by atoms with Crippen molar-refractivity contribution in [3.05, 3.63) is 131 Å². The van der Waals surface area contributed by atoms with Crippen LogP contribution in [0.4, 0.5) is 13.2 Å². The first kappa shape index (κ1) is 21.9. The SMILES string of the molecule is C[C@H](Cc1ccc(-c2ccc(CCc3cc(F)c(F)c(F)c3)cc2)cc1)c1ccccc1. The molecule has 0 saturated heterocycles. The van der Waals surface area contributed by atoms with Crippen molar-refractivity contribution in [2.75, 3.05) is 0 Å². The molecule has 0 fully saturated rings. The minimum Gasteiger partial charge on any atom is -0.204 e. The number of halogens is 3. The number of aryl methyl sites for hydroxylation is 2. The molecule has 0 nitrogen and oxygen atoms in total. The Hall–Kier alpha value is -3.33. The van der Waals surface area contributed by atoms with E-state index in [1.54, 1.807) is 0 Å². The molecule has 0 spiro atoms. The first-order valence-electron chi connectivity index (χ1n) is 10.9. The lowest BCUT2D eigenvalue weighted by atomic mass is 9.93. The second-order valence-corrected chi connectivity index (χ2v) is 8.28. The number of rotatable bonds is 7. The van der Waals surface area contributed by atoms with Crippen molar-refractivity contribution in [1.82, 2.24) is 0 Å². The molecule has 0 saturated carbocycles. The van der Waals surface area contributed by atoms with Crippen LogP contribution in [0.15, 0.2) is 91.0 Å². The lowest BCUT2D eigenvalue weighted by Gasteiger charge is -2.12. The van der Waals surface area contributed by atoms with Crippen molar-refractivity contribution < 1.29 is 13.2 Å². The van der Waals surface area contributed by atoms with Crippen LogP contribution in [0.1, 0.15) is 35.1 Å². The first-order valence-corrected chi connectivity index (χ1v) is 10.9. The van der Waals surface area contributed by atoms with Crippen molar-refractivity contribution in [2.45, 2.75) is 32.1 Å². The van der Waals surface area contributed by atoms with Gasteiger partial charge in [-0.05, 0) is 70.7 Å². The van der Waals surface area contributed by atoms with E-state index in [4.69, 9.17) is 0 Å². The molecule has 0 aliphatic carbocycles. The van der Waals surface area contributed by atoms with Gasteiger partial charge < -0.3 is 0 Å². The average molecular weight is 431 g/mol. The van der Waals surface area contributed by atoms with Crippen LogP contribution in [0.5, 0.6) is 0 Å². The van der Waals surface area contributed by atoms with Gasteiger partial charge in [-0.2, -0.15) is 0 Å². The van der Waals surface area contributed by atoms with E-state index in [1.165, 1.54) is 11.1 Å². The van der Waals surface area contributed by atoms with E-state index in [2.05, 4.69) is 67.6 Å². The van der Waals surface area contributed by atoms with Crippen LogP contribution in [-0.2, 0) is 19.3 Å². The van der Waals surface area contributed by atoms with Crippen LogP contribution in [0, 0.1) is 17.5 Å². The Morgan fingerprint density at radius 2 is 1.09 bits per heavy atom. The van der Waals surface area contributed by atoms with Crippen LogP contribution in [-0.4, -0.2) is 0 Å². The molecule has 0 heterocycles. The summed E-state index contributed by atoms with van der Waals surface area (Å²) in [6.07, 6.45) is 2.07. The van der Waals surface area contributed by atoms with Gasteiger partial charge in [0, 0.05) is 0 Å². The van der Waals surface area contributed by atoms with Crippen LogP contribution in [0.3, 0.4) is 0 Å². The average Bonchev–Trinajstić information content (AvgIpc) is 2.82. The molecule has 0 amide bonds. The molecule has 0 bridgehead atoms. The molecule has 1 atom stereocenters. The maximum atomic E-state index is 13.4. The Labute approximate surface area is 187 Å². The molecule has 0 aliphatic heterocycles. The predicted molar refractivity (Wildman–Crippen MR) is 124 cm³/mol. The third kappa shape index (κ3) is 5.28. The smallest absolute Gasteiger partial charge is 0.194 e. The third-order valence-corrected chi connectivity index (χ3v) is 5.90. The van der Waals surface area contributed by atoms with Crippen molar-refractivity contribution in [3.63, 3.8) is 0 Å². The molecule has 3 heteroatoms. The number of hydrogen-bond acceptors (Lipinski definition) is 0. The summed E-state index contributed by atoms with van der Waals surface area (Å²) in [4.78, 5) is 0. The summed E-state index contributed by atoms with van der Waals surface area (Å²) < 4.78 is 39.8. The number of benzene rings is 4. The van der Waals surface area contributed by atoms with E-state index in [0.29, 0.717) is 24.3 Å². The summed E-state index contributed by atoms with van der Waals surface area (Å²) >= 11 is 0. The minimum atomic E-state index is -1.42. The fourth-order valence-electron chi connectivity index (χ4n) is 3.99. The van der Waals surface area contributed by atoms with Gasteiger partial charge in [0.25, 0.3) is 0 Å². The zero-order valence-corrected chi connectivity index (χ0v) is 18.0. The van der Waals surface area contributed by atoms with Gasteiger partial charge in [0.2, 0.25) is 0 Å². The zero-order chi connectivity index (χ0) is 22.5. The Morgan fingerprint density at radius 1 is 0.594 bits per heavy atom. The predicted octanol–water partition coefficient (Wildman–Crippen LogP) is 7.90. The van der Waals surface area contributed by atoms with Gasteiger partial charge in [0.05, 0.1) is 0 Å². The highest BCUT2D eigenvalue weighted by atomic mass is 19.2. The highest BCUT2D eigenvalue weighted by Gasteiger charge is 2.11. The van der Waals surface area contributed by atoms with Gasteiger partial charge in [0.1, 0.15) is 0 Å². The van der Waals surface area contributed by atoms with Crippen molar-refractivity contribution in [3.8, 4) is 11.1 Å². The Kier molecular flexibility index (Phi) is 6.75. The topological polar surface area (TPSA) is 0 Å². The molecular formula is C29H25F3. The third-order valence-electron chi connectivity index (χ3n) is 5.90. The fraction of sp³-hybridized carbons (Fsp3) is 0.172. The summed E-state index contributed by atoms with van der Waals surface area (Å²) in [5.41, 5.74) is 6.43. The van der Waals surface area contributed by atoms with Crippen LogP contribution >= 0.6 is 0 Å². The van der Waals surface area contributed by atoms with E-state index < -0.39 is 17.5 Å². The lowest BCUT2D eigenvalue weighted by Crippen LogP contribution is -1.98. The van der Waals surface area contributed by atoms with E-state index in [0.717, 1.165) is 35.2 Å². The highest BCUT2D eigenvalue weighted by Crippen LogP contribution is 2.24. The summed E-state index contributed by atoms with van der Waals surface area (Å²) in [5, 5.41) is 0. The molecule has 4 aromatic rings. The highest BCUT2D eigenvalue weighted by molar-refractivity contribution is 5.64. The monoisotopic (exact) mass is 430 g/mol. The molecule has 4 aromatic carbocycles. The van der Waals surface area contributed by atoms with E-state index in [1.807, 2.05) is 18.2 Å². The maximum absolute atomic E-state index is 13.4. The molecule has 4 rings (SSSR count). The minimum absolute atomic E-state index is 0.446. The standard InChI is InChI=1S/C29H25F3/c1-20(24-5-3-2-4-6-24)17-22-11-15-26(16-12-22)25-13-9-21(10-14-25)7-8-23-18-27(30)29(32)28(31)19-23/h2-6,9-16,18-20H,7-8,17H2,1H3/t20-/m1/s1. The van der Waals surface area contributed by atoms with Gasteiger partial charge in [-0.3, -0.25) is 0 Å². The van der Waals surface area contributed by atoms with Crippen LogP contribution in [0.2, 0.25) is 0 Å². The molecule has 0 aliphatic rings.